The molecule has 1 unspecified atom stereocenters. The van der Waals surface area contributed by atoms with Crippen LogP contribution in [0.4, 0.5) is 0 Å². The number of likely N-dealkylation sites (tertiary alicyclic amines) is 1. The molecule has 1 fully saturated rings. The van der Waals surface area contributed by atoms with Crippen LogP contribution >= 0.6 is 23.2 Å². The van der Waals surface area contributed by atoms with Gasteiger partial charge < -0.3 is 10.2 Å². The Bertz CT molecular complexity index is 644. The molecule has 4 nitrogen and oxygen atoms in total. The lowest BCUT2D eigenvalue weighted by Gasteiger charge is -2.45. The summed E-state index contributed by atoms with van der Waals surface area (Å²) in [5.41, 5.74) is 1.18. The first-order chi connectivity index (χ1) is 12.2. The normalized spacial score (nSPS) is 20.7. The van der Waals surface area contributed by atoms with Crippen LogP contribution in [0.2, 0.25) is 5.02 Å². The lowest BCUT2D eigenvalue weighted by molar-refractivity contribution is -0.140. The number of hydrogen-bond donors (Lipinski definition) is 1. The number of amides is 2. The van der Waals surface area contributed by atoms with E-state index in [1.807, 2.05) is 30.9 Å². The zero-order chi connectivity index (χ0) is 19.5. The summed E-state index contributed by atoms with van der Waals surface area (Å²) in [7, 11) is 0. The largest absolute Gasteiger partial charge is 0.343 e. The highest BCUT2D eigenvalue weighted by Gasteiger charge is 2.40. The molecule has 1 aliphatic heterocycles. The molecule has 0 bridgehead atoms. The quantitative estimate of drug-likeness (QED) is 0.760. The lowest BCUT2D eigenvalue weighted by atomic mass is 9.70. The van der Waals surface area contributed by atoms with Crippen LogP contribution in [0, 0.1) is 11.3 Å². The van der Waals surface area contributed by atoms with E-state index >= 15 is 0 Å². The average Bonchev–Trinajstić information content (AvgIpc) is 2.58. The minimum atomic E-state index is -0.538. The van der Waals surface area contributed by atoms with Gasteiger partial charge in [0.05, 0.1) is 0 Å². The minimum absolute atomic E-state index is 0.00627. The molecule has 1 N–H and O–H groups in total. The van der Waals surface area contributed by atoms with Gasteiger partial charge >= 0.3 is 0 Å². The highest BCUT2D eigenvalue weighted by Crippen LogP contribution is 2.42. The number of hydrogen-bond acceptors (Lipinski definition) is 2. The predicted molar refractivity (Wildman–Crippen MR) is 107 cm³/mol. The van der Waals surface area contributed by atoms with Gasteiger partial charge in [0.15, 0.2) is 0 Å². The Kier molecular flexibility index (Phi) is 6.98. The third kappa shape index (κ3) is 4.92. The van der Waals surface area contributed by atoms with Crippen LogP contribution in [0.25, 0.3) is 0 Å². The Labute approximate surface area is 166 Å². The zero-order valence-electron chi connectivity index (χ0n) is 15.9. The van der Waals surface area contributed by atoms with Crippen molar-refractivity contribution in [1.29, 1.82) is 0 Å². The third-order valence-electron chi connectivity index (χ3n) is 5.18. The first kappa shape index (κ1) is 21.0. The molecule has 0 aliphatic carbocycles. The fourth-order valence-corrected chi connectivity index (χ4v) is 3.98. The van der Waals surface area contributed by atoms with Gasteiger partial charge in [-0.15, -0.1) is 11.6 Å². The summed E-state index contributed by atoms with van der Waals surface area (Å²) in [5.74, 6) is -0.110. The lowest BCUT2D eigenvalue weighted by Crippen LogP contribution is -2.56. The number of carbonyl (C=O) groups is 2. The monoisotopic (exact) mass is 398 g/mol. The number of rotatable bonds is 5. The second-order valence-corrected chi connectivity index (χ2v) is 8.77. The summed E-state index contributed by atoms with van der Waals surface area (Å²) < 4.78 is 0. The van der Waals surface area contributed by atoms with Crippen molar-refractivity contribution in [1.82, 2.24) is 10.2 Å². The molecule has 1 saturated heterocycles. The topological polar surface area (TPSA) is 49.4 Å². The molecule has 144 valence electrons. The SMILES string of the molecule is CC(C)[C@@H](NC(=O)CCl)C(=O)N1CCC(c2ccc(Cl)cc2)C(C)(C)C1. The second kappa shape index (κ2) is 8.62. The van der Waals surface area contributed by atoms with Crippen molar-refractivity contribution in [2.75, 3.05) is 19.0 Å². The molecule has 1 aromatic rings. The summed E-state index contributed by atoms with van der Waals surface area (Å²) in [4.78, 5) is 26.6. The van der Waals surface area contributed by atoms with Gasteiger partial charge in [0.25, 0.3) is 0 Å². The molecule has 26 heavy (non-hydrogen) atoms. The molecule has 0 saturated carbocycles. The third-order valence-corrected chi connectivity index (χ3v) is 5.68. The standard InChI is InChI=1S/C20H28Cl2N2O2/c1-13(2)18(23-17(25)11-21)19(26)24-10-9-16(20(3,4)12-24)14-5-7-15(22)8-6-14/h5-8,13,16,18H,9-12H2,1-4H3,(H,23,25)/t16?,18-/m1/s1. The van der Waals surface area contributed by atoms with Crippen LogP contribution in [0.1, 0.15) is 45.6 Å². The molecule has 1 heterocycles. The van der Waals surface area contributed by atoms with Crippen molar-refractivity contribution in [3.63, 3.8) is 0 Å². The Balaban J connectivity index is 2.13. The maximum absolute atomic E-state index is 13.0. The average molecular weight is 399 g/mol. The summed E-state index contributed by atoms with van der Waals surface area (Å²) >= 11 is 11.6. The van der Waals surface area contributed by atoms with Crippen molar-refractivity contribution in [3.8, 4) is 0 Å². The number of benzene rings is 1. The zero-order valence-corrected chi connectivity index (χ0v) is 17.4. The van der Waals surface area contributed by atoms with Crippen LogP contribution in [0.15, 0.2) is 24.3 Å². The fraction of sp³-hybridized carbons (Fsp3) is 0.600. The summed E-state index contributed by atoms with van der Waals surface area (Å²) in [6.45, 7) is 9.57. The molecule has 0 aromatic heterocycles. The number of nitrogens with one attached hydrogen (secondary N) is 1. The van der Waals surface area contributed by atoms with Gasteiger partial charge in [0, 0.05) is 18.1 Å². The Hall–Kier alpha value is -1.26. The van der Waals surface area contributed by atoms with Gasteiger partial charge in [0.1, 0.15) is 11.9 Å². The van der Waals surface area contributed by atoms with Crippen molar-refractivity contribution in [3.05, 3.63) is 34.9 Å². The molecule has 6 heteroatoms. The Morgan fingerprint density at radius 1 is 1.27 bits per heavy atom. The minimum Gasteiger partial charge on any atom is -0.343 e. The van der Waals surface area contributed by atoms with Crippen molar-refractivity contribution >= 4 is 35.0 Å². The van der Waals surface area contributed by atoms with Crippen LogP contribution in [-0.4, -0.2) is 41.7 Å². The van der Waals surface area contributed by atoms with E-state index in [9.17, 15) is 9.59 Å². The van der Waals surface area contributed by atoms with Gasteiger partial charge in [-0.25, -0.2) is 0 Å². The molecule has 0 spiro atoms. The van der Waals surface area contributed by atoms with E-state index in [1.54, 1.807) is 0 Å². The van der Waals surface area contributed by atoms with E-state index < -0.39 is 6.04 Å². The molecule has 1 aromatic carbocycles. The first-order valence-electron chi connectivity index (χ1n) is 9.05. The molecule has 1 aliphatic rings. The number of halogens is 2. The Morgan fingerprint density at radius 2 is 1.88 bits per heavy atom. The van der Waals surface area contributed by atoms with E-state index in [-0.39, 0.29) is 29.0 Å². The van der Waals surface area contributed by atoms with Crippen molar-refractivity contribution < 1.29 is 9.59 Å². The van der Waals surface area contributed by atoms with E-state index in [4.69, 9.17) is 23.2 Å². The highest BCUT2D eigenvalue weighted by molar-refractivity contribution is 6.30. The van der Waals surface area contributed by atoms with Crippen LogP contribution in [0.3, 0.4) is 0 Å². The van der Waals surface area contributed by atoms with E-state index in [1.165, 1.54) is 5.56 Å². The summed E-state index contributed by atoms with van der Waals surface area (Å²) in [5, 5.41) is 3.49. The maximum atomic E-state index is 13.0. The number of carbonyl (C=O) groups excluding carboxylic acids is 2. The number of piperidine rings is 1. The van der Waals surface area contributed by atoms with Crippen LogP contribution < -0.4 is 5.32 Å². The van der Waals surface area contributed by atoms with Gasteiger partial charge in [0.2, 0.25) is 11.8 Å². The van der Waals surface area contributed by atoms with E-state index in [0.29, 0.717) is 19.0 Å². The predicted octanol–water partition coefficient (Wildman–Crippen LogP) is 4.06. The van der Waals surface area contributed by atoms with Gasteiger partial charge in [-0.05, 0) is 41.4 Å². The Morgan fingerprint density at radius 3 is 2.38 bits per heavy atom. The van der Waals surface area contributed by atoms with Crippen LogP contribution in [-0.2, 0) is 9.59 Å². The summed E-state index contributed by atoms with van der Waals surface area (Å²) in [6.07, 6.45) is 0.884. The molecule has 2 rings (SSSR count). The fourth-order valence-electron chi connectivity index (χ4n) is 3.78. The van der Waals surface area contributed by atoms with E-state index in [2.05, 4.69) is 31.3 Å². The molecule has 2 atom stereocenters. The van der Waals surface area contributed by atoms with Crippen LogP contribution in [0.5, 0.6) is 0 Å². The van der Waals surface area contributed by atoms with Gasteiger partial charge in [-0.1, -0.05) is 51.4 Å². The number of nitrogens with zero attached hydrogens (tertiary/aromatic N) is 1. The number of alkyl halides is 1. The second-order valence-electron chi connectivity index (χ2n) is 8.06. The van der Waals surface area contributed by atoms with E-state index in [0.717, 1.165) is 11.4 Å². The van der Waals surface area contributed by atoms with Crippen molar-refractivity contribution in [2.45, 2.75) is 46.1 Å². The highest BCUT2D eigenvalue weighted by atomic mass is 35.5. The van der Waals surface area contributed by atoms with Gasteiger partial charge in [-0.2, -0.15) is 0 Å². The summed E-state index contributed by atoms with van der Waals surface area (Å²) in [6, 6.07) is 7.44. The maximum Gasteiger partial charge on any atom is 0.245 e. The molecule has 0 radical (unpaired) electrons. The molecular weight excluding hydrogens is 371 g/mol. The first-order valence-corrected chi connectivity index (χ1v) is 9.96. The molecule has 2 amide bonds. The molecular formula is C20H28Cl2N2O2. The van der Waals surface area contributed by atoms with Gasteiger partial charge in [-0.3, -0.25) is 9.59 Å². The van der Waals surface area contributed by atoms with Crippen molar-refractivity contribution in [2.24, 2.45) is 11.3 Å². The smallest absolute Gasteiger partial charge is 0.245 e.